The van der Waals surface area contributed by atoms with E-state index in [1.54, 1.807) is 18.9 Å². The molecule has 3 rings (SSSR count). The van der Waals surface area contributed by atoms with Gasteiger partial charge in [0, 0.05) is 11.8 Å². The highest BCUT2D eigenvalue weighted by atomic mass is 32.2. The summed E-state index contributed by atoms with van der Waals surface area (Å²) in [6.45, 7) is 0.537. The Labute approximate surface area is 127 Å². The molecule has 4 nitrogen and oxygen atoms in total. The van der Waals surface area contributed by atoms with Crippen LogP contribution in [0.1, 0.15) is 10.8 Å². The molecule has 0 spiro atoms. The fourth-order valence-electron chi connectivity index (χ4n) is 2.21. The number of imidazole rings is 1. The van der Waals surface area contributed by atoms with Crippen LogP contribution in [0.2, 0.25) is 0 Å². The number of aromatic amines is 1. The predicted molar refractivity (Wildman–Crippen MR) is 86.7 cm³/mol. The Hall–Kier alpha value is -1.98. The van der Waals surface area contributed by atoms with Gasteiger partial charge in [-0.3, -0.25) is 0 Å². The van der Waals surface area contributed by atoms with E-state index >= 15 is 0 Å². The van der Waals surface area contributed by atoms with Crippen LogP contribution >= 0.6 is 11.8 Å². The van der Waals surface area contributed by atoms with E-state index in [1.165, 1.54) is 0 Å². The third-order valence-electron chi connectivity index (χ3n) is 3.30. The molecule has 1 atom stereocenters. The maximum atomic E-state index is 5.94. The van der Waals surface area contributed by atoms with Gasteiger partial charge in [-0.25, -0.2) is 4.98 Å². The summed E-state index contributed by atoms with van der Waals surface area (Å²) in [4.78, 5) is 7.91. The number of H-pyrrole nitrogens is 1. The van der Waals surface area contributed by atoms with Crippen molar-refractivity contribution >= 4 is 22.8 Å². The molecule has 0 fully saturated rings. The lowest BCUT2D eigenvalue weighted by atomic mass is 10.1. The van der Waals surface area contributed by atoms with E-state index in [0.717, 1.165) is 27.5 Å². The van der Waals surface area contributed by atoms with Gasteiger partial charge in [0.2, 0.25) is 0 Å². The number of fused-ring (bicyclic) bond motifs is 1. The molecule has 0 radical (unpaired) electrons. The molecule has 3 aromatic rings. The topological polar surface area (TPSA) is 63.9 Å². The maximum Gasteiger partial charge on any atom is 0.167 e. The van der Waals surface area contributed by atoms with E-state index in [1.807, 2.05) is 42.5 Å². The summed E-state index contributed by atoms with van der Waals surface area (Å²) in [7, 11) is 1.67. The lowest BCUT2D eigenvalue weighted by Gasteiger charge is -2.14. The molecular formula is C16H17N3OS. The van der Waals surface area contributed by atoms with Crippen LogP contribution in [0.15, 0.2) is 53.7 Å². The molecule has 1 unspecified atom stereocenters. The highest BCUT2D eigenvalue weighted by Gasteiger charge is 2.14. The number of para-hydroxylation sites is 2. The van der Waals surface area contributed by atoms with Crippen LogP contribution in [-0.4, -0.2) is 23.6 Å². The van der Waals surface area contributed by atoms with Gasteiger partial charge in [-0.2, -0.15) is 0 Å². The number of hydrogen-bond donors (Lipinski definition) is 2. The van der Waals surface area contributed by atoms with E-state index in [4.69, 9.17) is 10.5 Å². The van der Waals surface area contributed by atoms with Crippen LogP contribution in [0.5, 0.6) is 5.75 Å². The van der Waals surface area contributed by atoms with Crippen LogP contribution < -0.4 is 10.5 Å². The van der Waals surface area contributed by atoms with Gasteiger partial charge in [0.15, 0.2) is 5.16 Å². The molecule has 0 saturated heterocycles. The molecule has 0 aliphatic rings. The van der Waals surface area contributed by atoms with Crippen LogP contribution in [0.4, 0.5) is 0 Å². The van der Waals surface area contributed by atoms with Crippen molar-refractivity contribution < 1.29 is 4.74 Å². The second-order valence-electron chi connectivity index (χ2n) is 4.68. The minimum absolute atomic E-state index is 0.140. The maximum absolute atomic E-state index is 5.94. The Bertz CT molecular complexity index is 708. The predicted octanol–water partition coefficient (Wildman–Crippen LogP) is 3.36. The zero-order chi connectivity index (χ0) is 14.7. The van der Waals surface area contributed by atoms with Gasteiger partial charge in [0.1, 0.15) is 5.75 Å². The van der Waals surface area contributed by atoms with E-state index in [-0.39, 0.29) is 5.25 Å². The first kappa shape index (κ1) is 14.0. The van der Waals surface area contributed by atoms with Crippen molar-refractivity contribution in [2.24, 2.45) is 5.73 Å². The van der Waals surface area contributed by atoms with Gasteiger partial charge in [0.05, 0.1) is 18.1 Å². The summed E-state index contributed by atoms with van der Waals surface area (Å²) in [5.74, 6) is 0.844. The number of benzene rings is 2. The lowest BCUT2D eigenvalue weighted by molar-refractivity contribution is 0.414. The van der Waals surface area contributed by atoms with Crippen LogP contribution in [0.3, 0.4) is 0 Å². The third-order valence-corrected chi connectivity index (χ3v) is 4.47. The molecule has 3 N–H and O–H groups in total. The summed E-state index contributed by atoms with van der Waals surface area (Å²) in [6, 6.07) is 16.0. The number of hydrogen-bond acceptors (Lipinski definition) is 4. The Morgan fingerprint density at radius 3 is 2.86 bits per heavy atom. The molecule has 0 aliphatic carbocycles. The number of ether oxygens (including phenoxy) is 1. The summed E-state index contributed by atoms with van der Waals surface area (Å²) >= 11 is 1.64. The Kier molecular flexibility index (Phi) is 4.13. The van der Waals surface area contributed by atoms with Gasteiger partial charge in [-0.1, -0.05) is 36.0 Å². The standard InChI is InChI=1S/C16H17N3OS/c1-20-12-6-4-5-11(9-12)15(10-17)21-16-18-13-7-2-3-8-14(13)19-16/h2-9,15H,10,17H2,1H3,(H,18,19). The SMILES string of the molecule is COc1cccc(C(CN)Sc2nc3ccccc3[nH]2)c1. The highest BCUT2D eigenvalue weighted by Crippen LogP contribution is 2.34. The van der Waals surface area contributed by atoms with Gasteiger partial charge in [0.25, 0.3) is 0 Å². The van der Waals surface area contributed by atoms with Crippen LogP contribution in [0, 0.1) is 0 Å². The number of rotatable bonds is 5. The Morgan fingerprint density at radius 1 is 1.24 bits per heavy atom. The Morgan fingerprint density at radius 2 is 2.10 bits per heavy atom. The molecule has 21 heavy (non-hydrogen) atoms. The average Bonchev–Trinajstić information content (AvgIpc) is 2.95. The van der Waals surface area contributed by atoms with Crippen LogP contribution in [0.25, 0.3) is 11.0 Å². The van der Waals surface area contributed by atoms with Crippen molar-refractivity contribution in [2.75, 3.05) is 13.7 Å². The van der Waals surface area contributed by atoms with Gasteiger partial charge >= 0.3 is 0 Å². The van der Waals surface area contributed by atoms with Gasteiger partial charge < -0.3 is 15.5 Å². The zero-order valence-electron chi connectivity index (χ0n) is 11.7. The number of nitrogens with one attached hydrogen (secondary N) is 1. The molecule has 0 amide bonds. The Balaban J connectivity index is 1.86. The number of methoxy groups -OCH3 is 1. The summed E-state index contributed by atoms with van der Waals surface area (Å²) < 4.78 is 5.27. The monoisotopic (exact) mass is 299 g/mol. The molecule has 108 valence electrons. The third kappa shape index (κ3) is 3.04. The second kappa shape index (κ2) is 6.20. The summed E-state index contributed by atoms with van der Waals surface area (Å²) in [6.07, 6.45) is 0. The van der Waals surface area contributed by atoms with Crippen molar-refractivity contribution in [2.45, 2.75) is 10.4 Å². The van der Waals surface area contributed by atoms with Crippen molar-refractivity contribution in [1.82, 2.24) is 9.97 Å². The minimum atomic E-state index is 0.140. The minimum Gasteiger partial charge on any atom is -0.497 e. The highest BCUT2D eigenvalue weighted by molar-refractivity contribution is 7.99. The van der Waals surface area contributed by atoms with Crippen molar-refractivity contribution in [3.63, 3.8) is 0 Å². The van der Waals surface area contributed by atoms with E-state index in [9.17, 15) is 0 Å². The number of nitrogens with zero attached hydrogens (tertiary/aromatic N) is 1. The molecule has 5 heteroatoms. The first-order chi connectivity index (χ1) is 10.3. The lowest BCUT2D eigenvalue weighted by Crippen LogP contribution is -2.09. The van der Waals surface area contributed by atoms with Gasteiger partial charge in [-0.15, -0.1) is 0 Å². The number of nitrogens with two attached hydrogens (primary N) is 1. The molecule has 0 saturated carbocycles. The van der Waals surface area contributed by atoms with Crippen molar-refractivity contribution in [3.8, 4) is 5.75 Å². The van der Waals surface area contributed by atoms with E-state index in [2.05, 4.69) is 16.0 Å². The summed E-state index contributed by atoms with van der Waals surface area (Å²) in [5.41, 5.74) is 9.09. The molecular weight excluding hydrogens is 282 g/mol. The normalized spacial score (nSPS) is 12.5. The average molecular weight is 299 g/mol. The molecule has 0 aliphatic heterocycles. The van der Waals surface area contributed by atoms with E-state index in [0.29, 0.717) is 6.54 Å². The summed E-state index contributed by atoms with van der Waals surface area (Å²) in [5, 5.41) is 1.02. The fourth-order valence-corrected chi connectivity index (χ4v) is 3.18. The first-order valence-electron chi connectivity index (χ1n) is 6.75. The molecule has 2 aromatic carbocycles. The van der Waals surface area contributed by atoms with E-state index < -0.39 is 0 Å². The molecule has 1 aromatic heterocycles. The smallest absolute Gasteiger partial charge is 0.167 e. The van der Waals surface area contributed by atoms with Crippen LogP contribution in [-0.2, 0) is 0 Å². The molecule has 1 heterocycles. The number of thioether (sulfide) groups is 1. The largest absolute Gasteiger partial charge is 0.497 e. The van der Waals surface area contributed by atoms with Crippen molar-refractivity contribution in [1.29, 1.82) is 0 Å². The van der Waals surface area contributed by atoms with Crippen molar-refractivity contribution in [3.05, 3.63) is 54.1 Å². The molecule has 0 bridgehead atoms. The number of aromatic nitrogens is 2. The van der Waals surface area contributed by atoms with Gasteiger partial charge in [-0.05, 0) is 29.8 Å². The fraction of sp³-hybridized carbons (Fsp3) is 0.188. The second-order valence-corrected chi connectivity index (χ2v) is 5.87. The zero-order valence-corrected chi connectivity index (χ0v) is 12.6. The quantitative estimate of drug-likeness (QED) is 0.709. The first-order valence-corrected chi connectivity index (χ1v) is 7.63.